The molecule has 34 heavy (non-hydrogen) atoms. The van der Waals surface area contributed by atoms with E-state index in [1.54, 1.807) is 18.2 Å². The van der Waals surface area contributed by atoms with E-state index < -0.39 is 24.2 Å². The number of anilines is 2. The van der Waals surface area contributed by atoms with E-state index in [1.807, 2.05) is 6.07 Å². The Labute approximate surface area is 209 Å². The van der Waals surface area contributed by atoms with Crippen molar-refractivity contribution in [3.05, 3.63) is 92.7 Å². The van der Waals surface area contributed by atoms with Gasteiger partial charge in [0, 0.05) is 5.69 Å². The number of benzene rings is 3. The molecule has 2 N–H and O–H groups in total. The molecule has 0 saturated heterocycles. The minimum absolute atomic E-state index is 0.0332. The van der Waals surface area contributed by atoms with Gasteiger partial charge in [-0.2, -0.15) is 5.26 Å². The maximum Gasteiger partial charge on any atom is 0.266 e. The second kappa shape index (κ2) is 11.5. The molecule has 0 aliphatic heterocycles. The monoisotopic (exact) mass is 517 g/mol. The van der Waals surface area contributed by atoms with E-state index in [0.29, 0.717) is 16.3 Å². The average molecular weight is 519 g/mol. The van der Waals surface area contributed by atoms with Gasteiger partial charge in [-0.3, -0.25) is 9.59 Å². The summed E-state index contributed by atoms with van der Waals surface area (Å²) in [7, 11) is 0. The zero-order valence-electron chi connectivity index (χ0n) is 17.2. The number of amides is 2. The van der Waals surface area contributed by atoms with E-state index in [2.05, 4.69) is 10.6 Å². The topological polar surface area (TPSA) is 91.2 Å². The molecular weight excluding hydrogens is 504 g/mol. The molecule has 0 fully saturated rings. The summed E-state index contributed by atoms with van der Waals surface area (Å²) in [6.07, 6.45) is 1.34. The number of ether oxygens (including phenoxy) is 1. The average Bonchev–Trinajstić information content (AvgIpc) is 2.80. The van der Waals surface area contributed by atoms with Gasteiger partial charge in [-0.1, -0.05) is 53.0 Å². The van der Waals surface area contributed by atoms with Gasteiger partial charge in [0.1, 0.15) is 23.2 Å². The first-order valence-corrected chi connectivity index (χ1v) is 10.7. The van der Waals surface area contributed by atoms with E-state index in [-0.39, 0.29) is 27.1 Å². The third kappa shape index (κ3) is 6.72. The molecule has 10 heteroatoms. The highest BCUT2D eigenvalue weighted by atomic mass is 35.5. The molecule has 0 heterocycles. The molecule has 3 aromatic rings. The van der Waals surface area contributed by atoms with Gasteiger partial charge in [0.25, 0.3) is 11.8 Å². The molecule has 0 aliphatic carbocycles. The molecule has 0 spiro atoms. The smallest absolute Gasteiger partial charge is 0.266 e. The molecule has 3 rings (SSSR count). The first-order chi connectivity index (χ1) is 16.3. The maximum atomic E-state index is 13.6. The molecule has 6 nitrogen and oxygen atoms in total. The van der Waals surface area contributed by atoms with Crippen molar-refractivity contribution in [2.75, 3.05) is 17.2 Å². The fraction of sp³-hybridized carbons (Fsp3) is 0.0417. The van der Waals surface area contributed by atoms with Crippen molar-refractivity contribution in [1.82, 2.24) is 0 Å². The summed E-state index contributed by atoms with van der Waals surface area (Å²) in [6, 6.07) is 16.6. The zero-order valence-corrected chi connectivity index (χ0v) is 19.5. The minimum Gasteiger partial charge on any atom is -0.482 e. The fourth-order valence-corrected chi connectivity index (χ4v) is 3.25. The molecule has 0 atom stereocenters. The first-order valence-electron chi connectivity index (χ1n) is 9.61. The Morgan fingerprint density at radius 1 is 0.971 bits per heavy atom. The summed E-state index contributed by atoms with van der Waals surface area (Å²) in [4.78, 5) is 24.5. The van der Waals surface area contributed by atoms with E-state index in [1.165, 1.54) is 48.5 Å². The van der Waals surface area contributed by atoms with Crippen LogP contribution in [-0.2, 0) is 9.59 Å². The molecule has 2 amide bonds. The Balaban J connectivity index is 1.65. The van der Waals surface area contributed by atoms with E-state index in [4.69, 9.17) is 39.5 Å². The number of hydrogen-bond donors (Lipinski definition) is 2. The summed E-state index contributed by atoms with van der Waals surface area (Å²) in [6.45, 7) is -0.404. The molecule has 0 radical (unpaired) electrons. The number of halogens is 4. The lowest BCUT2D eigenvalue weighted by Gasteiger charge is -2.10. The van der Waals surface area contributed by atoms with Crippen molar-refractivity contribution in [2.45, 2.75) is 0 Å². The molecule has 0 bridgehead atoms. The van der Waals surface area contributed by atoms with Crippen LogP contribution in [0, 0.1) is 17.1 Å². The highest BCUT2D eigenvalue weighted by Crippen LogP contribution is 2.27. The molecule has 0 aliphatic rings. The largest absolute Gasteiger partial charge is 0.482 e. The number of carbonyl (C=O) groups is 2. The van der Waals surface area contributed by atoms with E-state index in [9.17, 15) is 19.2 Å². The second-order valence-electron chi connectivity index (χ2n) is 6.76. The predicted molar refractivity (Wildman–Crippen MR) is 131 cm³/mol. The zero-order chi connectivity index (χ0) is 24.7. The van der Waals surface area contributed by atoms with Crippen LogP contribution in [0.1, 0.15) is 5.56 Å². The number of rotatable bonds is 7. The molecule has 0 unspecified atom stereocenters. The fourth-order valence-electron chi connectivity index (χ4n) is 2.70. The molecule has 172 valence electrons. The lowest BCUT2D eigenvalue weighted by Crippen LogP contribution is -2.20. The third-order valence-corrected chi connectivity index (χ3v) is 5.35. The molecular formula is C24H15Cl3FN3O3. The summed E-state index contributed by atoms with van der Waals surface area (Å²) in [5.74, 6) is -1.60. The Hall–Kier alpha value is -3.57. The van der Waals surface area contributed by atoms with Crippen LogP contribution in [0.5, 0.6) is 5.75 Å². The Bertz CT molecular complexity index is 1320. The van der Waals surface area contributed by atoms with Gasteiger partial charge in [0.15, 0.2) is 6.61 Å². The summed E-state index contributed by atoms with van der Waals surface area (Å²) in [5, 5.41) is 15.1. The van der Waals surface area contributed by atoms with Crippen molar-refractivity contribution < 1.29 is 18.7 Å². The van der Waals surface area contributed by atoms with Crippen LogP contribution in [-0.4, -0.2) is 18.4 Å². The Morgan fingerprint density at radius 3 is 2.41 bits per heavy atom. The number of hydrogen-bond acceptors (Lipinski definition) is 4. The van der Waals surface area contributed by atoms with Gasteiger partial charge in [-0.15, -0.1) is 0 Å². The van der Waals surface area contributed by atoms with Crippen LogP contribution in [0.3, 0.4) is 0 Å². The van der Waals surface area contributed by atoms with Gasteiger partial charge in [0.05, 0.1) is 20.8 Å². The van der Waals surface area contributed by atoms with Crippen LogP contribution < -0.4 is 15.4 Å². The van der Waals surface area contributed by atoms with Crippen LogP contribution >= 0.6 is 34.8 Å². The Morgan fingerprint density at radius 2 is 1.74 bits per heavy atom. The molecule has 0 aromatic heterocycles. The van der Waals surface area contributed by atoms with Crippen molar-refractivity contribution in [3.63, 3.8) is 0 Å². The van der Waals surface area contributed by atoms with Crippen molar-refractivity contribution in [2.24, 2.45) is 0 Å². The normalized spacial score (nSPS) is 10.9. The highest BCUT2D eigenvalue weighted by molar-refractivity contribution is 6.42. The third-order valence-electron chi connectivity index (χ3n) is 4.32. The van der Waals surface area contributed by atoms with Crippen LogP contribution in [0.4, 0.5) is 15.8 Å². The van der Waals surface area contributed by atoms with Crippen molar-refractivity contribution in [3.8, 4) is 11.8 Å². The van der Waals surface area contributed by atoms with Gasteiger partial charge < -0.3 is 15.4 Å². The van der Waals surface area contributed by atoms with Crippen LogP contribution in [0.25, 0.3) is 6.08 Å². The van der Waals surface area contributed by atoms with E-state index >= 15 is 0 Å². The van der Waals surface area contributed by atoms with Crippen molar-refractivity contribution in [1.29, 1.82) is 5.26 Å². The number of carbonyl (C=O) groups excluding carboxylic acids is 2. The summed E-state index contributed by atoms with van der Waals surface area (Å²) >= 11 is 18.0. The number of nitrogens with one attached hydrogen (secondary N) is 2. The van der Waals surface area contributed by atoms with Gasteiger partial charge >= 0.3 is 0 Å². The Kier molecular flexibility index (Phi) is 8.50. The van der Waals surface area contributed by atoms with Crippen LogP contribution in [0.15, 0.2) is 66.2 Å². The number of para-hydroxylation sites is 1. The maximum absolute atomic E-state index is 13.6. The standard InChI is InChI=1S/C24H15Cl3FN3O3/c25-17-7-6-16(11-18(17)26)30-24(33)15(12-29)9-14-5-8-22(19(27)10-14)34-13-23(32)31-21-4-2-1-3-20(21)28/h1-11H,13H2,(H,30,33)(H,31,32)/b15-9-. The SMILES string of the molecule is N#C/C(=C/c1ccc(OCC(=O)Nc2ccccc2F)c(Cl)c1)C(=O)Nc1ccc(Cl)c(Cl)c1. The lowest BCUT2D eigenvalue weighted by molar-refractivity contribution is -0.118. The van der Waals surface area contributed by atoms with Crippen molar-refractivity contribution >= 4 is 64.1 Å². The van der Waals surface area contributed by atoms with Crippen LogP contribution in [0.2, 0.25) is 15.1 Å². The minimum atomic E-state index is -0.651. The summed E-state index contributed by atoms with van der Waals surface area (Å²) < 4.78 is 19.0. The van der Waals surface area contributed by atoms with Gasteiger partial charge in [-0.25, -0.2) is 4.39 Å². The molecule has 3 aromatic carbocycles. The predicted octanol–water partition coefficient (Wildman–Crippen LogP) is 6.35. The van der Waals surface area contributed by atoms with Gasteiger partial charge in [0.2, 0.25) is 0 Å². The second-order valence-corrected chi connectivity index (χ2v) is 7.98. The molecule has 0 saturated carbocycles. The number of nitrogens with zero attached hydrogens (tertiary/aromatic N) is 1. The van der Waals surface area contributed by atoms with Gasteiger partial charge in [-0.05, 0) is 54.1 Å². The first kappa shape index (κ1) is 25.1. The quantitative estimate of drug-likeness (QED) is 0.282. The highest BCUT2D eigenvalue weighted by Gasteiger charge is 2.12. The number of nitriles is 1. The lowest BCUT2D eigenvalue weighted by atomic mass is 10.1. The van der Waals surface area contributed by atoms with E-state index in [0.717, 1.165) is 0 Å². The summed E-state index contributed by atoms with van der Waals surface area (Å²) in [5.41, 5.74) is 0.677.